The monoisotopic (exact) mass is 212 g/mol. The average Bonchev–Trinajstić information content (AvgIpc) is 2.22. The molecule has 0 atom stereocenters. The van der Waals surface area contributed by atoms with Crippen molar-refractivity contribution in [1.82, 2.24) is 10.6 Å². The minimum atomic E-state index is 0.156. The van der Waals surface area contributed by atoms with E-state index in [2.05, 4.69) is 24.5 Å². The topological polar surface area (TPSA) is 41.1 Å². The Balaban J connectivity index is 2.09. The van der Waals surface area contributed by atoms with E-state index in [-0.39, 0.29) is 5.91 Å². The first kappa shape index (κ1) is 12.5. The lowest BCUT2D eigenvalue weighted by molar-refractivity contribution is -0.121. The van der Waals surface area contributed by atoms with Crippen LogP contribution >= 0.6 is 0 Å². The van der Waals surface area contributed by atoms with Gasteiger partial charge in [0.25, 0.3) is 0 Å². The van der Waals surface area contributed by atoms with Gasteiger partial charge >= 0.3 is 0 Å². The fourth-order valence-corrected chi connectivity index (χ4v) is 2.06. The van der Waals surface area contributed by atoms with Gasteiger partial charge in [-0.2, -0.15) is 0 Å². The zero-order chi connectivity index (χ0) is 11.1. The number of amides is 1. The van der Waals surface area contributed by atoms with E-state index in [0.717, 1.165) is 31.7 Å². The van der Waals surface area contributed by atoms with Crippen LogP contribution in [-0.4, -0.2) is 25.0 Å². The maximum atomic E-state index is 11.5. The van der Waals surface area contributed by atoms with Crippen LogP contribution in [0.2, 0.25) is 0 Å². The molecule has 15 heavy (non-hydrogen) atoms. The first-order valence-electron chi connectivity index (χ1n) is 6.22. The summed E-state index contributed by atoms with van der Waals surface area (Å²) in [6.07, 6.45) is 5.90. The van der Waals surface area contributed by atoms with E-state index in [4.69, 9.17) is 0 Å². The smallest absolute Gasteiger partial charge is 0.234 e. The van der Waals surface area contributed by atoms with Crippen LogP contribution in [0, 0.1) is 5.92 Å². The van der Waals surface area contributed by atoms with Crippen molar-refractivity contribution < 1.29 is 4.79 Å². The van der Waals surface area contributed by atoms with Gasteiger partial charge in [-0.25, -0.2) is 0 Å². The lowest BCUT2D eigenvalue weighted by atomic mass is 9.87. The van der Waals surface area contributed by atoms with E-state index >= 15 is 0 Å². The van der Waals surface area contributed by atoms with Gasteiger partial charge in [-0.05, 0) is 44.6 Å². The summed E-state index contributed by atoms with van der Waals surface area (Å²) in [6, 6.07) is 0.428. The van der Waals surface area contributed by atoms with Crippen LogP contribution in [0.1, 0.15) is 46.0 Å². The van der Waals surface area contributed by atoms with Crippen molar-refractivity contribution in [3.8, 4) is 0 Å². The van der Waals surface area contributed by atoms with E-state index in [1.54, 1.807) is 0 Å². The van der Waals surface area contributed by atoms with Crippen molar-refractivity contribution >= 4 is 5.91 Å². The molecule has 0 bridgehead atoms. The van der Waals surface area contributed by atoms with E-state index in [1.165, 1.54) is 12.8 Å². The molecule has 1 amide bonds. The Hall–Kier alpha value is -0.570. The van der Waals surface area contributed by atoms with Crippen molar-refractivity contribution in [2.24, 2.45) is 5.92 Å². The molecule has 0 unspecified atom stereocenters. The van der Waals surface area contributed by atoms with Gasteiger partial charge in [0.15, 0.2) is 0 Å². The molecule has 0 heterocycles. The van der Waals surface area contributed by atoms with Gasteiger partial charge < -0.3 is 10.6 Å². The lowest BCUT2D eigenvalue weighted by Crippen LogP contribution is -2.42. The van der Waals surface area contributed by atoms with Crippen molar-refractivity contribution in [1.29, 1.82) is 0 Å². The SMILES string of the molecule is CCCNCC(=O)NC1CCC(C)CC1. The van der Waals surface area contributed by atoms with Crippen LogP contribution in [0.3, 0.4) is 0 Å². The van der Waals surface area contributed by atoms with Gasteiger partial charge in [0.05, 0.1) is 6.54 Å². The second kappa shape index (κ2) is 6.83. The van der Waals surface area contributed by atoms with Crippen molar-refractivity contribution in [2.45, 2.75) is 52.0 Å². The summed E-state index contributed by atoms with van der Waals surface area (Å²) in [5.41, 5.74) is 0. The molecule has 0 radical (unpaired) electrons. The normalized spacial score (nSPS) is 26.3. The molecule has 1 aliphatic rings. The van der Waals surface area contributed by atoms with Gasteiger partial charge in [0.2, 0.25) is 5.91 Å². The first-order chi connectivity index (χ1) is 7.22. The summed E-state index contributed by atoms with van der Waals surface area (Å²) in [5, 5.41) is 6.22. The number of carbonyl (C=O) groups excluding carboxylic acids is 1. The second-order valence-electron chi connectivity index (χ2n) is 4.70. The molecular weight excluding hydrogens is 188 g/mol. The number of carbonyl (C=O) groups is 1. The summed E-state index contributed by atoms with van der Waals surface area (Å²) < 4.78 is 0. The van der Waals surface area contributed by atoms with Crippen LogP contribution in [-0.2, 0) is 4.79 Å². The standard InChI is InChI=1S/C12H24N2O/c1-3-8-13-9-12(15)14-11-6-4-10(2)5-7-11/h10-11,13H,3-9H2,1-2H3,(H,14,15). The number of hydrogen-bond acceptors (Lipinski definition) is 2. The molecule has 3 nitrogen and oxygen atoms in total. The molecule has 0 saturated heterocycles. The molecule has 1 aliphatic carbocycles. The summed E-state index contributed by atoms with van der Waals surface area (Å²) in [4.78, 5) is 11.5. The summed E-state index contributed by atoms with van der Waals surface area (Å²) in [7, 11) is 0. The second-order valence-corrected chi connectivity index (χ2v) is 4.70. The predicted octanol–water partition coefficient (Wildman–Crippen LogP) is 1.68. The molecule has 0 aromatic carbocycles. The Morgan fingerprint density at radius 1 is 1.27 bits per heavy atom. The van der Waals surface area contributed by atoms with E-state index in [1.807, 2.05) is 0 Å². The molecule has 88 valence electrons. The summed E-state index contributed by atoms with van der Waals surface area (Å²) in [5.74, 6) is 0.999. The third-order valence-corrected chi connectivity index (χ3v) is 3.09. The van der Waals surface area contributed by atoms with E-state index in [9.17, 15) is 4.79 Å². The van der Waals surface area contributed by atoms with Crippen LogP contribution in [0.5, 0.6) is 0 Å². The van der Waals surface area contributed by atoms with Crippen LogP contribution < -0.4 is 10.6 Å². The van der Waals surface area contributed by atoms with Crippen LogP contribution in [0.15, 0.2) is 0 Å². The molecule has 0 aliphatic heterocycles. The molecule has 2 N–H and O–H groups in total. The van der Waals surface area contributed by atoms with Crippen LogP contribution in [0.25, 0.3) is 0 Å². The van der Waals surface area contributed by atoms with Crippen molar-refractivity contribution in [3.05, 3.63) is 0 Å². The zero-order valence-electron chi connectivity index (χ0n) is 10.0. The van der Waals surface area contributed by atoms with Gasteiger partial charge in [-0.3, -0.25) is 4.79 Å². The molecule has 1 rings (SSSR count). The Labute approximate surface area is 93.0 Å². The van der Waals surface area contributed by atoms with Crippen molar-refractivity contribution in [2.75, 3.05) is 13.1 Å². The van der Waals surface area contributed by atoms with Gasteiger partial charge in [-0.15, -0.1) is 0 Å². The minimum Gasteiger partial charge on any atom is -0.352 e. The van der Waals surface area contributed by atoms with Crippen molar-refractivity contribution in [3.63, 3.8) is 0 Å². The molecule has 0 aromatic rings. The summed E-state index contributed by atoms with van der Waals surface area (Å²) >= 11 is 0. The van der Waals surface area contributed by atoms with Gasteiger partial charge in [0, 0.05) is 6.04 Å². The quantitative estimate of drug-likeness (QED) is 0.681. The first-order valence-corrected chi connectivity index (χ1v) is 6.22. The highest BCUT2D eigenvalue weighted by atomic mass is 16.1. The molecule has 0 aromatic heterocycles. The average molecular weight is 212 g/mol. The molecular formula is C12H24N2O. The molecule has 1 saturated carbocycles. The van der Waals surface area contributed by atoms with E-state index in [0.29, 0.717) is 12.6 Å². The predicted molar refractivity (Wildman–Crippen MR) is 62.7 cm³/mol. The number of hydrogen-bond donors (Lipinski definition) is 2. The Morgan fingerprint density at radius 2 is 1.93 bits per heavy atom. The Morgan fingerprint density at radius 3 is 2.53 bits per heavy atom. The number of rotatable bonds is 5. The molecule has 3 heteroatoms. The highest BCUT2D eigenvalue weighted by Crippen LogP contribution is 2.23. The molecule has 0 spiro atoms. The Kier molecular flexibility index (Phi) is 5.69. The fraction of sp³-hybridized carbons (Fsp3) is 0.917. The summed E-state index contributed by atoms with van der Waals surface area (Å²) in [6.45, 7) is 5.79. The van der Waals surface area contributed by atoms with Gasteiger partial charge in [0.1, 0.15) is 0 Å². The fourth-order valence-electron chi connectivity index (χ4n) is 2.06. The third-order valence-electron chi connectivity index (χ3n) is 3.09. The lowest BCUT2D eigenvalue weighted by Gasteiger charge is -2.26. The number of nitrogens with one attached hydrogen (secondary N) is 2. The van der Waals surface area contributed by atoms with Crippen LogP contribution in [0.4, 0.5) is 0 Å². The molecule has 1 fully saturated rings. The zero-order valence-corrected chi connectivity index (χ0v) is 10.0. The Bertz CT molecular complexity index is 186. The van der Waals surface area contributed by atoms with Gasteiger partial charge in [-0.1, -0.05) is 13.8 Å². The highest BCUT2D eigenvalue weighted by molar-refractivity contribution is 5.78. The minimum absolute atomic E-state index is 0.156. The maximum Gasteiger partial charge on any atom is 0.234 e. The largest absolute Gasteiger partial charge is 0.352 e. The third kappa shape index (κ3) is 5.17. The van der Waals surface area contributed by atoms with E-state index < -0.39 is 0 Å². The maximum absolute atomic E-state index is 11.5. The highest BCUT2D eigenvalue weighted by Gasteiger charge is 2.19.